The monoisotopic (exact) mass is 249 g/mol. The van der Waals surface area contributed by atoms with Gasteiger partial charge in [0.05, 0.1) is 19.0 Å². The van der Waals surface area contributed by atoms with Crippen LogP contribution < -0.4 is 10.1 Å². The fourth-order valence-corrected chi connectivity index (χ4v) is 1.76. The van der Waals surface area contributed by atoms with Gasteiger partial charge in [0, 0.05) is 18.5 Å². The Morgan fingerprint density at radius 2 is 2.28 bits per heavy atom. The van der Waals surface area contributed by atoms with Crippen LogP contribution in [0.5, 0.6) is 5.75 Å². The van der Waals surface area contributed by atoms with Crippen LogP contribution in [0.3, 0.4) is 0 Å². The second-order valence-electron chi connectivity index (χ2n) is 3.94. The van der Waals surface area contributed by atoms with Gasteiger partial charge in [-0.25, -0.2) is 9.37 Å². The molecule has 96 valence electrons. The largest absolute Gasteiger partial charge is 0.496 e. The summed E-state index contributed by atoms with van der Waals surface area (Å²) in [4.78, 5) is 7.43. The number of nitrogens with zero attached hydrogens (tertiary/aromatic N) is 1. The summed E-state index contributed by atoms with van der Waals surface area (Å²) in [5.74, 6) is 1.20. The van der Waals surface area contributed by atoms with Gasteiger partial charge in [-0.3, -0.25) is 0 Å². The molecule has 1 heterocycles. The smallest absolute Gasteiger partial charge is 0.128 e. The molecule has 0 aliphatic rings. The van der Waals surface area contributed by atoms with Gasteiger partial charge in [-0.1, -0.05) is 0 Å². The summed E-state index contributed by atoms with van der Waals surface area (Å²) in [6.07, 6.45) is 2.50. The number of H-pyrrole nitrogens is 1. The van der Waals surface area contributed by atoms with Crippen molar-refractivity contribution in [2.24, 2.45) is 0 Å². The van der Waals surface area contributed by atoms with Gasteiger partial charge in [-0.05, 0) is 25.2 Å². The van der Waals surface area contributed by atoms with E-state index in [1.54, 1.807) is 19.4 Å². The highest BCUT2D eigenvalue weighted by Gasteiger charge is 2.10. The predicted molar refractivity (Wildman–Crippen MR) is 68.2 cm³/mol. The maximum Gasteiger partial charge on any atom is 0.128 e. The van der Waals surface area contributed by atoms with Crippen LogP contribution in [-0.2, 0) is 6.42 Å². The molecule has 0 fully saturated rings. The highest BCUT2D eigenvalue weighted by molar-refractivity contribution is 5.66. The number of imidazole rings is 1. The quantitative estimate of drug-likeness (QED) is 0.852. The molecular weight excluding hydrogens is 233 g/mol. The van der Waals surface area contributed by atoms with E-state index >= 15 is 0 Å². The first-order valence-corrected chi connectivity index (χ1v) is 5.77. The molecule has 0 saturated carbocycles. The SMILES string of the molecule is CNCCc1ncc(-c2cc(F)ccc2OC)[nH]1. The lowest BCUT2D eigenvalue weighted by Crippen LogP contribution is -2.11. The summed E-state index contributed by atoms with van der Waals surface area (Å²) < 4.78 is 18.5. The van der Waals surface area contributed by atoms with Crippen LogP contribution in [0, 0.1) is 5.82 Å². The van der Waals surface area contributed by atoms with Gasteiger partial charge in [0.25, 0.3) is 0 Å². The Hall–Kier alpha value is -1.88. The lowest BCUT2D eigenvalue weighted by Gasteiger charge is -2.06. The molecule has 0 unspecified atom stereocenters. The van der Waals surface area contributed by atoms with Crippen LogP contribution in [0.1, 0.15) is 5.82 Å². The molecule has 0 aliphatic carbocycles. The van der Waals surface area contributed by atoms with Crippen LogP contribution in [0.2, 0.25) is 0 Å². The molecule has 2 rings (SSSR count). The van der Waals surface area contributed by atoms with E-state index in [0.717, 1.165) is 24.5 Å². The Morgan fingerprint density at radius 1 is 1.44 bits per heavy atom. The van der Waals surface area contributed by atoms with Crippen molar-refractivity contribution in [2.45, 2.75) is 6.42 Å². The van der Waals surface area contributed by atoms with Crippen LogP contribution in [0.25, 0.3) is 11.3 Å². The third kappa shape index (κ3) is 2.68. The van der Waals surface area contributed by atoms with Crippen LogP contribution in [-0.4, -0.2) is 30.7 Å². The average molecular weight is 249 g/mol. The van der Waals surface area contributed by atoms with E-state index in [0.29, 0.717) is 11.3 Å². The summed E-state index contributed by atoms with van der Waals surface area (Å²) in [5, 5.41) is 3.05. The molecule has 0 radical (unpaired) electrons. The average Bonchev–Trinajstić information content (AvgIpc) is 2.85. The summed E-state index contributed by atoms with van der Waals surface area (Å²) in [7, 11) is 3.45. The highest BCUT2D eigenvalue weighted by atomic mass is 19.1. The van der Waals surface area contributed by atoms with Gasteiger partial charge in [0.15, 0.2) is 0 Å². The zero-order valence-corrected chi connectivity index (χ0v) is 10.5. The van der Waals surface area contributed by atoms with E-state index in [4.69, 9.17) is 4.74 Å². The number of halogens is 1. The van der Waals surface area contributed by atoms with E-state index in [1.807, 2.05) is 7.05 Å². The van der Waals surface area contributed by atoms with Gasteiger partial charge in [0.2, 0.25) is 0 Å². The molecule has 2 aromatic rings. The Labute approximate surface area is 105 Å². The number of rotatable bonds is 5. The zero-order valence-electron chi connectivity index (χ0n) is 10.5. The van der Waals surface area contributed by atoms with E-state index in [1.165, 1.54) is 12.1 Å². The summed E-state index contributed by atoms with van der Waals surface area (Å²) in [6.45, 7) is 0.841. The van der Waals surface area contributed by atoms with Gasteiger partial charge < -0.3 is 15.0 Å². The molecule has 18 heavy (non-hydrogen) atoms. The highest BCUT2D eigenvalue weighted by Crippen LogP contribution is 2.29. The first-order chi connectivity index (χ1) is 8.74. The maximum atomic E-state index is 13.3. The second-order valence-corrected chi connectivity index (χ2v) is 3.94. The molecule has 5 heteroatoms. The number of aromatic amines is 1. The molecule has 0 amide bonds. The summed E-state index contributed by atoms with van der Waals surface area (Å²) >= 11 is 0. The number of aromatic nitrogens is 2. The number of ether oxygens (including phenoxy) is 1. The number of nitrogens with one attached hydrogen (secondary N) is 2. The topological polar surface area (TPSA) is 49.9 Å². The van der Waals surface area contributed by atoms with Crippen molar-refractivity contribution in [2.75, 3.05) is 20.7 Å². The lowest BCUT2D eigenvalue weighted by atomic mass is 10.1. The Morgan fingerprint density at radius 3 is 3.00 bits per heavy atom. The van der Waals surface area contributed by atoms with E-state index in [-0.39, 0.29) is 5.82 Å². The van der Waals surface area contributed by atoms with Crippen molar-refractivity contribution < 1.29 is 9.13 Å². The Balaban J connectivity index is 2.30. The normalized spacial score (nSPS) is 10.6. The predicted octanol–water partition coefficient (Wildman–Crippen LogP) is 1.99. The molecule has 0 aliphatic heterocycles. The molecule has 0 saturated heterocycles. The number of likely N-dealkylation sites (N-methyl/N-ethyl adjacent to an activating group) is 1. The van der Waals surface area contributed by atoms with Gasteiger partial charge in [-0.2, -0.15) is 0 Å². The third-order valence-corrected chi connectivity index (χ3v) is 2.69. The number of benzene rings is 1. The summed E-state index contributed by atoms with van der Waals surface area (Å²) in [6, 6.07) is 4.42. The van der Waals surface area contributed by atoms with E-state index in [9.17, 15) is 4.39 Å². The number of hydrogen-bond donors (Lipinski definition) is 2. The van der Waals surface area contributed by atoms with Crippen molar-refractivity contribution in [3.63, 3.8) is 0 Å². The lowest BCUT2D eigenvalue weighted by molar-refractivity contribution is 0.415. The maximum absolute atomic E-state index is 13.3. The van der Waals surface area contributed by atoms with Gasteiger partial charge in [-0.15, -0.1) is 0 Å². The first-order valence-electron chi connectivity index (χ1n) is 5.77. The second kappa shape index (κ2) is 5.64. The fourth-order valence-electron chi connectivity index (χ4n) is 1.76. The minimum Gasteiger partial charge on any atom is -0.496 e. The standard InChI is InChI=1S/C13H16FN3O/c1-15-6-5-13-16-8-11(17-13)10-7-9(14)3-4-12(10)18-2/h3-4,7-8,15H,5-6H2,1-2H3,(H,16,17). The Kier molecular flexibility index (Phi) is 3.94. The van der Waals surface area contributed by atoms with E-state index in [2.05, 4.69) is 15.3 Å². The van der Waals surface area contributed by atoms with Gasteiger partial charge >= 0.3 is 0 Å². The molecule has 0 spiro atoms. The minimum absolute atomic E-state index is 0.294. The molecule has 2 N–H and O–H groups in total. The van der Waals surface area contributed by atoms with Crippen molar-refractivity contribution in [1.82, 2.24) is 15.3 Å². The van der Waals surface area contributed by atoms with Crippen molar-refractivity contribution in [3.05, 3.63) is 36.0 Å². The molecule has 1 aromatic carbocycles. The fraction of sp³-hybridized carbons (Fsp3) is 0.308. The van der Waals surface area contributed by atoms with E-state index < -0.39 is 0 Å². The van der Waals surface area contributed by atoms with Crippen LogP contribution >= 0.6 is 0 Å². The molecule has 1 aromatic heterocycles. The molecule has 0 atom stereocenters. The number of hydrogen-bond acceptors (Lipinski definition) is 3. The zero-order chi connectivity index (χ0) is 13.0. The van der Waals surface area contributed by atoms with Gasteiger partial charge in [0.1, 0.15) is 17.4 Å². The Bertz CT molecular complexity index is 525. The van der Waals surface area contributed by atoms with Crippen molar-refractivity contribution in [3.8, 4) is 17.0 Å². The molecule has 4 nitrogen and oxygen atoms in total. The van der Waals surface area contributed by atoms with Crippen LogP contribution in [0.15, 0.2) is 24.4 Å². The minimum atomic E-state index is -0.294. The molecule has 0 bridgehead atoms. The number of methoxy groups -OCH3 is 1. The first kappa shape index (κ1) is 12.6. The third-order valence-electron chi connectivity index (χ3n) is 2.69. The van der Waals surface area contributed by atoms with Crippen molar-refractivity contribution in [1.29, 1.82) is 0 Å². The summed E-state index contributed by atoms with van der Waals surface area (Å²) in [5.41, 5.74) is 1.44. The van der Waals surface area contributed by atoms with Crippen LogP contribution in [0.4, 0.5) is 4.39 Å². The molecular formula is C13H16FN3O. The van der Waals surface area contributed by atoms with Crippen molar-refractivity contribution >= 4 is 0 Å².